The molecular weight excluding hydrogens is 464 g/mol. The van der Waals surface area contributed by atoms with Gasteiger partial charge in [-0.15, -0.1) is 0 Å². The molecule has 2 N–H and O–H groups in total. The largest absolute Gasteiger partial charge is 0.453 e. The van der Waals surface area contributed by atoms with E-state index in [-0.39, 0.29) is 17.9 Å². The van der Waals surface area contributed by atoms with Crippen molar-refractivity contribution in [3.05, 3.63) is 78.8 Å². The van der Waals surface area contributed by atoms with E-state index in [0.29, 0.717) is 6.54 Å². The Morgan fingerprint density at radius 2 is 1.70 bits per heavy atom. The summed E-state index contributed by atoms with van der Waals surface area (Å²) < 4.78 is 4.73. The summed E-state index contributed by atoms with van der Waals surface area (Å²) in [4.78, 5) is 35.2. The van der Waals surface area contributed by atoms with Crippen LogP contribution in [-0.4, -0.2) is 46.6 Å². The van der Waals surface area contributed by atoms with Crippen LogP contribution in [0, 0.1) is 5.92 Å². The minimum Gasteiger partial charge on any atom is -0.453 e. The number of nitrogens with zero attached hydrogens (tertiary/aromatic N) is 2. The number of imidazole rings is 1. The number of H-pyrrole nitrogens is 1. The van der Waals surface area contributed by atoms with Crippen LogP contribution in [0.25, 0.3) is 33.2 Å². The van der Waals surface area contributed by atoms with Gasteiger partial charge in [0.1, 0.15) is 11.9 Å². The number of fused-ring (bicyclic) bond motifs is 1. The molecule has 1 aliphatic rings. The fourth-order valence-electron chi connectivity index (χ4n) is 5.07. The van der Waals surface area contributed by atoms with Crippen LogP contribution in [-0.2, 0) is 9.53 Å². The van der Waals surface area contributed by atoms with Gasteiger partial charge in [-0.25, -0.2) is 9.78 Å². The smallest absolute Gasteiger partial charge is 0.407 e. The molecule has 2 atom stereocenters. The number of benzene rings is 3. The van der Waals surface area contributed by atoms with Crippen molar-refractivity contribution >= 4 is 22.8 Å². The average Bonchev–Trinajstić information content (AvgIpc) is 3.61. The molecule has 2 unspecified atom stereocenters. The van der Waals surface area contributed by atoms with Crippen LogP contribution in [0.3, 0.4) is 0 Å². The lowest BCUT2D eigenvalue weighted by Gasteiger charge is -2.30. The monoisotopic (exact) mass is 496 g/mol. The third kappa shape index (κ3) is 5.07. The van der Waals surface area contributed by atoms with E-state index >= 15 is 0 Å². The fourth-order valence-corrected chi connectivity index (χ4v) is 5.07. The predicted molar refractivity (Wildman–Crippen MR) is 145 cm³/mol. The summed E-state index contributed by atoms with van der Waals surface area (Å²) in [5.41, 5.74) is 4.35. The molecule has 0 radical (unpaired) electrons. The number of carbonyl (C=O) groups excluding carboxylic acids is 2. The van der Waals surface area contributed by atoms with Gasteiger partial charge in [-0.05, 0) is 52.8 Å². The van der Waals surface area contributed by atoms with E-state index < -0.39 is 12.1 Å². The van der Waals surface area contributed by atoms with Crippen LogP contribution in [0.4, 0.5) is 4.79 Å². The summed E-state index contributed by atoms with van der Waals surface area (Å²) in [6.07, 6.45) is 2.94. The highest BCUT2D eigenvalue weighted by molar-refractivity contribution is 5.90. The lowest BCUT2D eigenvalue weighted by molar-refractivity contribution is -0.135. The van der Waals surface area contributed by atoms with Gasteiger partial charge in [-0.1, -0.05) is 68.4 Å². The summed E-state index contributed by atoms with van der Waals surface area (Å²) in [7, 11) is 1.30. The van der Waals surface area contributed by atoms with Gasteiger partial charge in [-0.3, -0.25) is 4.79 Å². The molecule has 1 aromatic heterocycles. The van der Waals surface area contributed by atoms with E-state index in [4.69, 9.17) is 4.74 Å². The number of methoxy groups -OCH3 is 1. The Bertz CT molecular complexity index is 1410. The van der Waals surface area contributed by atoms with Crippen LogP contribution in [0.15, 0.2) is 72.9 Å². The van der Waals surface area contributed by atoms with E-state index in [1.807, 2.05) is 31.0 Å². The Morgan fingerprint density at radius 1 is 1.00 bits per heavy atom. The molecule has 5 rings (SSSR count). The number of rotatable bonds is 6. The number of nitrogens with one attached hydrogen (secondary N) is 2. The molecule has 190 valence electrons. The standard InChI is InChI=1S/C30H32N4O3/c1-19(2)27(33-30(36)37-3)29(35)34-15-7-10-26(34)28-31-18-25(32-28)24-14-13-22-16-21(11-12-23(22)17-24)20-8-5-4-6-9-20/h4-6,8-9,11-14,16-19,26-27H,7,10,15H2,1-3H3,(H,31,32)(H,33,36). The molecule has 1 fully saturated rings. The third-order valence-corrected chi connectivity index (χ3v) is 7.10. The maximum absolute atomic E-state index is 13.4. The van der Waals surface area contributed by atoms with Crippen molar-refractivity contribution in [2.75, 3.05) is 13.7 Å². The first kappa shape index (κ1) is 24.6. The van der Waals surface area contributed by atoms with Gasteiger partial charge >= 0.3 is 6.09 Å². The van der Waals surface area contributed by atoms with Gasteiger partial charge in [-0.2, -0.15) is 0 Å². The van der Waals surface area contributed by atoms with Crippen molar-refractivity contribution in [3.63, 3.8) is 0 Å². The van der Waals surface area contributed by atoms with Gasteiger partial charge in [0.2, 0.25) is 5.91 Å². The number of ether oxygens (including phenoxy) is 1. The van der Waals surface area contributed by atoms with Crippen molar-refractivity contribution in [1.82, 2.24) is 20.2 Å². The maximum Gasteiger partial charge on any atom is 0.407 e. The van der Waals surface area contributed by atoms with Crippen molar-refractivity contribution < 1.29 is 14.3 Å². The normalized spacial score (nSPS) is 16.2. The van der Waals surface area contributed by atoms with Crippen LogP contribution < -0.4 is 5.32 Å². The van der Waals surface area contributed by atoms with Crippen molar-refractivity contribution in [2.45, 2.75) is 38.8 Å². The molecule has 0 saturated carbocycles. The number of hydrogen-bond acceptors (Lipinski definition) is 4. The predicted octanol–water partition coefficient (Wildman–Crippen LogP) is 5.94. The number of aromatic nitrogens is 2. The number of carbonyl (C=O) groups is 2. The molecule has 2 amide bonds. The summed E-state index contributed by atoms with van der Waals surface area (Å²) >= 11 is 0. The van der Waals surface area contributed by atoms with E-state index in [1.165, 1.54) is 23.6 Å². The highest BCUT2D eigenvalue weighted by Gasteiger charge is 2.37. The Labute approximate surface area is 216 Å². The number of alkyl carbamates (subject to hydrolysis) is 1. The molecule has 2 heterocycles. The minimum atomic E-state index is -0.649. The van der Waals surface area contributed by atoms with E-state index in [2.05, 4.69) is 75.9 Å². The third-order valence-electron chi connectivity index (χ3n) is 7.10. The highest BCUT2D eigenvalue weighted by Crippen LogP contribution is 2.33. The van der Waals surface area contributed by atoms with Crippen molar-refractivity contribution in [3.8, 4) is 22.4 Å². The first-order valence-electron chi connectivity index (χ1n) is 12.7. The first-order chi connectivity index (χ1) is 17.9. The van der Waals surface area contributed by atoms with Gasteiger partial charge in [0.05, 0.1) is 25.0 Å². The number of aromatic amines is 1. The molecule has 3 aromatic carbocycles. The quantitative estimate of drug-likeness (QED) is 0.346. The number of amides is 2. The summed E-state index contributed by atoms with van der Waals surface area (Å²) in [6.45, 7) is 4.46. The van der Waals surface area contributed by atoms with Gasteiger partial charge in [0.15, 0.2) is 0 Å². The second-order valence-electron chi connectivity index (χ2n) is 9.87. The molecule has 7 nitrogen and oxygen atoms in total. The van der Waals surface area contributed by atoms with Crippen LogP contribution in [0.5, 0.6) is 0 Å². The molecule has 1 aliphatic heterocycles. The second-order valence-corrected chi connectivity index (χ2v) is 9.87. The van der Waals surface area contributed by atoms with Gasteiger partial charge in [0, 0.05) is 12.1 Å². The highest BCUT2D eigenvalue weighted by atomic mass is 16.5. The number of hydrogen-bond donors (Lipinski definition) is 2. The average molecular weight is 497 g/mol. The SMILES string of the molecule is COC(=O)NC(C(=O)N1CCCC1c1ncc(-c2ccc3cc(-c4ccccc4)ccc3c2)[nH]1)C(C)C. The van der Waals surface area contributed by atoms with E-state index in [1.54, 1.807) is 0 Å². The molecule has 7 heteroatoms. The lowest BCUT2D eigenvalue weighted by atomic mass is 9.99. The molecule has 0 spiro atoms. The zero-order chi connectivity index (χ0) is 25.9. The summed E-state index contributed by atoms with van der Waals surface area (Å²) in [5.74, 6) is 0.585. The van der Waals surface area contributed by atoms with E-state index in [0.717, 1.165) is 35.3 Å². The van der Waals surface area contributed by atoms with Crippen LogP contribution in [0.2, 0.25) is 0 Å². The summed E-state index contributed by atoms with van der Waals surface area (Å²) in [5, 5.41) is 5.02. The zero-order valence-corrected chi connectivity index (χ0v) is 21.4. The topological polar surface area (TPSA) is 87.3 Å². The van der Waals surface area contributed by atoms with Gasteiger partial charge < -0.3 is 19.9 Å². The van der Waals surface area contributed by atoms with Crippen LogP contribution >= 0.6 is 0 Å². The molecule has 1 saturated heterocycles. The van der Waals surface area contributed by atoms with Crippen molar-refractivity contribution in [1.29, 1.82) is 0 Å². The Kier molecular flexibility index (Phi) is 6.95. The molecule has 37 heavy (non-hydrogen) atoms. The molecule has 0 bridgehead atoms. The molecule has 4 aromatic rings. The summed E-state index contributed by atoms with van der Waals surface area (Å²) in [6, 6.07) is 22.5. The van der Waals surface area contributed by atoms with Crippen molar-refractivity contribution in [2.24, 2.45) is 5.92 Å². The zero-order valence-electron chi connectivity index (χ0n) is 21.4. The minimum absolute atomic E-state index is 0.0694. The molecular formula is C30H32N4O3. The first-order valence-corrected chi connectivity index (χ1v) is 12.7. The fraction of sp³-hybridized carbons (Fsp3) is 0.300. The maximum atomic E-state index is 13.4. The Hall–Kier alpha value is -4.13. The van der Waals surface area contributed by atoms with E-state index in [9.17, 15) is 9.59 Å². The lowest BCUT2D eigenvalue weighted by Crippen LogP contribution is -2.51. The molecule has 0 aliphatic carbocycles. The Balaban J connectivity index is 1.37. The Morgan fingerprint density at radius 3 is 2.41 bits per heavy atom. The number of likely N-dealkylation sites (tertiary alicyclic amines) is 1. The second kappa shape index (κ2) is 10.5. The van der Waals surface area contributed by atoms with Gasteiger partial charge in [0.25, 0.3) is 0 Å². The van der Waals surface area contributed by atoms with Crippen LogP contribution in [0.1, 0.15) is 38.6 Å².